The molecule has 2 aromatic rings. The summed E-state index contributed by atoms with van der Waals surface area (Å²) in [4.78, 5) is 16.1. The molecule has 1 heterocycles. The number of aromatic nitrogens is 1. The van der Waals surface area contributed by atoms with E-state index in [1.807, 2.05) is 0 Å². The summed E-state index contributed by atoms with van der Waals surface area (Å²) < 4.78 is 30.9. The molecular formula is C16H17F2N3O2. The van der Waals surface area contributed by atoms with Crippen molar-refractivity contribution in [1.29, 1.82) is 0 Å². The van der Waals surface area contributed by atoms with E-state index in [4.69, 9.17) is 4.74 Å². The van der Waals surface area contributed by atoms with Crippen LogP contribution in [0.5, 0.6) is 0 Å². The number of carbonyl (C=O) groups excluding carboxylic acids is 1. The minimum Gasteiger partial charge on any atom is -0.385 e. The number of nitrogens with one attached hydrogen (secondary N) is 2. The standard InChI is InChI=1S/C16H17F2N3O2/c1-23-8-2-7-19-15-6-3-11(10-20-15)16(22)21-12-4-5-13(17)14(18)9-12/h3-6,9-10H,2,7-8H2,1H3,(H,19,20)(H,21,22). The molecule has 5 nitrogen and oxygen atoms in total. The van der Waals surface area contributed by atoms with Gasteiger partial charge in [0, 0.05) is 38.2 Å². The molecule has 0 bridgehead atoms. The number of nitrogens with zero attached hydrogens (tertiary/aromatic N) is 1. The molecule has 2 N–H and O–H groups in total. The average Bonchev–Trinajstić information content (AvgIpc) is 2.55. The number of carbonyl (C=O) groups is 1. The largest absolute Gasteiger partial charge is 0.385 e. The predicted octanol–water partition coefficient (Wildman–Crippen LogP) is 3.06. The number of hydrogen-bond acceptors (Lipinski definition) is 4. The molecule has 1 aromatic carbocycles. The van der Waals surface area contributed by atoms with Crippen LogP contribution < -0.4 is 10.6 Å². The minimum absolute atomic E-state index is 0.177. The van der Waals surface area contributed by atoms with E-state index >= 15 is 0 Å². The third kappa shape index (κ3) is 5.00. The predicted molar refractivity (Wildman–Crippen MR) is 83.5 cm³/mol. The zero-order chi connectivity index (χ0) is 16.7. The van der Waals surface area contributed by atoms with Gasteiger partial charge >= 0.3 is 0 Å². The lowest BCUT2D eigenvalue weighted by Gasteiger charge is -2.07. The highest BCUT2D eigenvalue weighted by molar-refractivity contribution is 6.04. The Bertz CT molecular complexity index is 663. The zero-order valence-corrected chi connectivity index (χ0v) is 12.6. The van der Waals surface area contributed by atoms with Crippen molar-refractivity contribution >= 4 is 17.4 Å². The van der Waals surface area contributed by atoms with E-state index < -0.39 is 17.5 Å². The van der Waals surface area contributed by atoms with Crippen LogP contribution in [0.15, 0.2) is 36.5 Å². The Morgan fingerprint density at radius 2 is 2.04 bits per heavy atom. The lowest BCUT2D eigenvalue weighted by atomic mass is 10.2. The van der Waals surface area contributed by atoms with Gasteiger partial charge in [0.1, 0.15) is 5.82 Å². The van der Waals surface area contributed by atoms with Crippen LogP contribution in [0.2, 0.25) is 0 Å². The highest BCUT2D eigenvalue weighted by atomic mass is 19.2. The fourth-order valence-electron chi connectivity index (χ4n) is 1.84. The van der Waals surface area contributed by atoms with Crippen LogP contribution in [-0.4, -0.2) is 31.2 Å². The van der Waals surface area contributed by atoms with Gasteiger partial charge in [0.25, 0.3) is 5.91 Å². The van der Waals surface area contributed by atoms with Crippen molar-refractivity contribution in [1.82, 2.24) is 4.98 Å². The number of rotatable bonds is 7. The van der Waals surface area contributed by atoms with Crippen LogP contribution in [0.1, 0.15) is 16.8 Å². The van der Waals surface area contributed by atoms with Gasteiger partial charge in [-0.2, -0.15) is 0 Å². The molecule has 1 aromatic heterocycles. The fraction of sp³-hybridized carbons (Fsp3) is 0.250. The monoisotopic (exact) mass is 321 g/mol. The minimum atomic E-state index is -1.02. The van der Waals surface area contributed by atoms with Crippen LogP contribution in [0.3, 0.4) is 0 Å². The van der Waals surface area contributed by atoms with Crippen molar-refractivity contribution in [2.24, 2.45) is 0 Å². The second-order valence-corrected chi connectivity index (χ2v) is 4.79. The third-order valence-electron chi connectivity index (χ3n) is 3.03. The van der Waals surface area contributed by atoms with Crippen LogP contribution in [-0.2, 0) is 4.74 Å². The normalized spacial score (nSPS) is 10.4. The van der Waals surface area contributed by atoms with Gasteiger partial charge in [-0.05, 0) is 30.7 Å². The Hall–Kier alpha value is -2.54. The van der Waals surface area contributed by atoms with E-state index in [0.717, 1.165) is 18.6 Å². The van der Waals surface area contributed by atoms with E-state index in [0.29, 0.717) is 24.5 Å². The third-order valence-corrected chi connectivity index (χ3v) is 3.03. The first kappa shape index (κ1) is 16.8. The summed E-state index contributed by atoms with van der Waals surface area (Å²) in [5.74, 6) is -1.79. The van der Waals surface area contributed by atoms with E-state index in [1.165, 1.54) is 12.3 Å². The summed E-state index contributed by atoms with van der Waals surface area (Å²) in [6.07, 6.45) is 2.25. The van der Waals surface area contributed by atoms with E-state index in [9.17, 15) is 13.6 Å². The van der Waals surface area contributed by atoms with Gasteiger partial charge in [-0.15, -0.1) is 0 Å². The number of methoxy groups -OCH3 is 1. The van der Waals surface area contributed by atoms with Crippen LogP contribution >= 0.6 is 0 Å². The van der Waals surface area contributed by atoms with E-state index in [2.05, 4.69) is 15.6 Å². The van der Waals surface area contributed by atoms with Crippen molar-refractivity contribution in [2.45, 2.75) is 6.42 Å². The summed E-state index contributed by atoms with van der Waals surface area (Å²) in [6.45, 7) is 1.36. The summed E-state index contributed by atoms with van der Waals surface area (Å²) in [7, 11) is 1.64. The summed E-state index contributed by atoms with van der Waals surface area (Å²) in [5.41, 5.74) is 0.493. The van der Waals surface area contributed by atoms with Gasteiger partial charge in [0.2, 0.25) is 0 Å². The number of anilines is 2. The van der Waals surface area contributed by atoms with Crippen LogP contribution in [0, 0.1) is 11.6 Å². The molecule has 0 saturated carbocycles. The average molecular weight is 321 g/mol. The Balaban J connectivity index is 1.93. The maximum absolute atomic E-state index is 13.1. The Kier molecular flexibility index (Phi) is 5.99. The summed E-state index contributed by atoms with van der Waals surface area (Å²) >= 11 is 0. The van der Waals surface area contributed by atoms with Crippen molar-refractivity contribution in [3.8, 4) is 0 Å². The van der Waals surface area contributed by atoms with Crippen LogP contribution in [0.25, 0.3) is 0 Å². The molecule has 0 unspecified atom stereocenters. The molecule has 0 fully saturated rings. The number of pyridine rings is 1. The topological polar surface area (TPSA) is 63.2 Å². The fourth-order valence-corrected chi connectivity index (χ4v) is 1.84. The Morgan fingerprint density at radius 1 is 1.22 bits per heavy atom. The Morgan fingerprint density at radius 3 is 2.70 bits per heavy atom. The number of halogens is 2. The van der Waals surface area contributed by atoms with Gasteiger partial charge in [0.15, 0.2) is 11.6 Å². The molecule has 0 aliphatic carbocycles. The quantitative estimate of drug-likeness (QED) is 0.769. The van der Waals surface area contributed by atoms with Crippen molar-refractivity contribution < 1.29 is 18.3 Å². The molecule has 2 rings (SSSR count). The molecule has 0 spiro atoms. The molecule has 7 heteroatoms. The number of hydrogen-bond donors (Lipinski definition) is 2. The van der Waals surface area contributed by atoms with Gasteiger partial charge in [0.05, 0.1) is 5.56 Å². The maximum Gasteiger partial charge on any atom is 0.257 e. The first-order chi connectivity index (χ1) is 11.1. The molecular weight excluding hydrogens is 304 g/mol. The molecule has 1 amide bonds. The summed E-state index contributed by atoms with van der Waals surface area (Å²) in [5, 5.41) is 5.58. The maximum atomic E-state index is 13.1. The molecule has 122 valence electrons. The van der Waals surface area contributed by atoms with Crippen molar-refractivity contribution in [2.75, 3.05) is 30.9 Å². The first-order valence-corrected chi connectivity index (χ1v) is 7.05. The highest BCUT2D eigenvalue weighted by Gasteiger charge is 2.09. The van der Waals surface area contributed by atoms with Crippen molar-refractivity contribution in [3.63, 3.8) is 0 Å². The zero-order valence-electron chi connectivity index (χ0n) is 12.6. The molecule has 23 heavy (non-hydrogen) atoms. The molecule has 0 atom stereocenters. The summed E-state index contributed by atoms with van der Waals surface area (Å²) in [6, 6.07) is 6.44. The smallest absolute Gasteiger partial charge is 0.257 e. The Labute approximate surface area is 132 Å². The van der Waals surface area contributed by atoms with Gasteiger partial charge < -0.3 is 15.4 Å². The van der Waals surface area contributed by atoms with Gasteiger partial charge in [-0.3, -0.25) is 4.79 Å². The second kappa shape index (κ2) is 8.19. The number of benzene rings is 1. The molecule has 0 aliphatic heterocycles. The lowest BCUT2D eigenvalue weighted by molar-refractivity contribution is 0.102. The SMILES string of the molecule is COCCCNc1ccc(C(=O)Nc2ccc(F)c(F)c2)cn1. The molecule has 0 radical (unpaired) electrons. The molecule has 0 aliphatic rings. The number of ether oxygens (including phenoxy) is 1. The molecule has 0 saturated heterocycles. The second-order valence-electron chi connectivity index (χ2n) is 4.79. The van der Waals surface area contributed by atoms with Crippen molar-refractivity contribution in [3.05, 3.63) is 53.7 Å². The highest BCUT2D eigenvalue weighted by Crippen LogP contribution is 2.14. The van der Waals surface area contributed by atoms with E-state index in [-0.39, 0.29) is 5.69 Å². The van der Waals surface area contributed by atoms with E-state index in [1.54, 1.807) is 19.2 Å². The first-order valence-electron chi connectivity index (χ1n) is 7.05. The van der Waals surface area contributed by atoms with Gasteiger partial charge in [-0.1, -0.05) is 0 Å². The van der Waals surface area contributed by atoms with Gasteiger partial charge in [-0.25, -0.2) is 13.8 Å². The lowest BCUT2D eigenvalue weighted by Crippen LogP contribution is -2.13. The van der Waals surface area contributed by atoms with Crippen LogP contribution in [0.4, 0.5) is 20.3 Å². The number of amides is 1.